The fourth-order valence-electron chi connectivity index (χ4n) is 2.83. The molecule has 0 bridgehead atoms. The molecular formula is C16H23N3. The van der Waals surface area contributed by atoms with Crippen molar-refractivity contribution in [1.29, 1.82) is 5.26 Å². The average molecular weight is 257 g/mol. The second-order valence-corrected chi connectivity index (χ2v) is 5.41. The highest BCUT2D eigenvalue weighted by Gasteiger charge is 2.21. The Kier molecular flexibility index (Phi) is 4.95. The van der Waals surface area contributed by atoms with Gasteiger partial charge in [0.25, 0.3) is 0 Å². The quantitative estimate of drug-likeness (QED) is 0.905. The molecule has 1 aliphatic heterocycles. The topological polar surface area (TPSA) is 39.1 Å². The van der Waals surface area contributed by atoms with E-state index in [0.717, 1.165) is 18.7 Å². The molecule has 1 saturated heterocycles. The molecule has 3 nitrogen and oxygen atoms in total. The molecule has 1 heterocycles. The highest BCUT2D eigenvalue weighted by molar-refractivity contribution is 5.34. The Labute approximate surface area is 116 Å². The summed E-state index contributed by atoms with van der Waals surface area (Å²) in [6, 6.07) is 11.2. The van der Waals surface area contributed by atoms with Crippen molar-refractivity contribution in [2.45, 2.75) is 38.3 Å². The fourth-order valence-corrected chi connectivity index (χ4v) is 2.83. The minimum absolute atomic E-state index is 0.358. The summed E-state index contributed by atoms with van der Waals surface area (Å²) < 4.78 is 0. The maximum absolute atomic E-state index is 9.00. The van der Waals surface area contributed by atoms with Crippen molar-refractivity contribution < 1.29 is 0 Å². The largest absolute Gasteiger partial charge is 0.317 e. The van der Waals surface area contributed by atoms with Crippen molar-refractivity contribution in [3.05, 3.63) is 35.4 Å². The van der Waals surface area contributed by atoms with Crippen LogP contribution in [0.3, 0.4) is 0 Å². The van der Waals surface area contributed by atoms with Gasteiger partial charge in [0.2, 0.25) is 0 Å². The summed E-state index contributed by atoms with van der Waals surface area (Å²) in [5.41, 5.74) is 1.99. The van der Waals surface area contributed by atoms with Gasteiger partial charge in [0.1, 0.15) is 0 Å². The molecule has 2 rings (SSSR count). The number of hydrogen-bond acceptors (Lipinski definition) is 3. The summed E-state index contributed by atoms with van der Waals surface area (Å²) in [6.45, 7) is 4.48. The lowest BCUT2D eigenvalue weighted by molar-refractivity contribution is 0.171. The van der Waals surface area contributed by atoms with Crippen LogP contribution in [0.25, 0.3) is 0 Å². The van der Waals surface area contributed by atoms with E-state index in [1.54, 1.807) is 0 Å². The van der Waals surface area contributed by atoms with Gasteiger partial charge in [0.05, 0.1) is 11.6 Å². The fraction of sp³-hybridized carbons (Fsp3) is 0.562. The van der Waals surface area contributed by atoms with Gasteiger partial charge < -0.3 is 5.32 Å². The van der Waals surface area contributed by atoms with Crippen LogP contribution in [0.5, 0.6) is 0 Å². The van der Waals surface area contributed by atoms with Crippen LogP contribution >= 0.6 is 0 Å². The molecule has 1 aromatic carbocycles. The molecule has 2 unspecified atom stereocenters. The number of nitrogens with zero attached hydrogens (tertiary/aromatic N) is 2. The lowest BCUT2D eigenvalue weighted by atomic mass is 10.0. The average Bonchev–Trinajstić information content (AvgIpc) is 2.75. The van der Waals surface area contributed by atoms with E-state index < -0.39 is 0 Å². The van der Waals surface area contributed by atoms with Gasteiger partial charge in [-0.3, -0.25) is 4.90 Å². The van der Waals surface area contributed by atoms with Crippen LogP contribution in [0.15, 0.2) is 24.3 Å². The molecular weight excluding hydrogens is 234 g/mol. The third-order valence-corrected chi connectivity index (χ3v) is 4.23. The molecule has 0 saturated carbocycles. The molecule has 1 N–H and O–H groups in total. The Morgan fingerprint density at radius 1 is 1.37 bits per heavy atom. The molecule has 1 fully saturated rings. The van der Waals surface area contributed by atoms with E-state index in [9.17, 15) is 0 Å². The Hall–Kier alpha value is -1.37. The SMILES string of the molecule is CC(c1cccc(C#N)c1)N(C)C1CCCNCC1. The van der Waals surface area contributed by atoms with E-state index in [4.69, 9.17) is 5.26 Å². The van der Waals surface area contributed by atoms with Gasteiger partial charge >= 0.3 is 0 Å². The van der Waals surface area contributed by atoms with Crippen LogP contribution in [0.2, 0.25) is 0 Å². The number of hydrogen-bond donors (Lipinski definition) is 1. The van der Waals surface area contributed by atoms with Gasteiger partial charge in [-0.15, -0.1) is 0 Å². The maximum Gasteiger partial charge on any atom is 0.0991 e. The van der Waals surface area contributed by atoms with Gasteiger partial charge in [0, 0.05) is 12.1 Å². The molecule has 1 aromatic rings. The summed E-state index contributed by atoms with van der Waals surface area (Å²) in [4.78, 5) is 2.46. The minimum Gasteiger partial charge on any atom is -0.317 e. The van der Waals surface area contributed by atoms with E-state index >= 15 is 0 Å². The molecule has 2 atom stereocenters. The third-order valence-electron chi connectivity index (χ3n) is 4.23. The highest BCUT2D eigenvalue weighted by Crippen LogP contribution is 2.25. The van der Waals surface area contributed by atoms with Gasteiger partial charge in [-0.1, -0.05) is 12.1 Å². The predicted octanol–water partition coefficient (Wildman–Crippen LogP) is 2.69. The van der Waals surface area contributed by atoms with Crippen LogP contribution < -0.4 is 5.32 Å². The van der Waals surface area contributed by atoms with Gasteiger partial charge in [0.15, 0.2) is 0 Å². The van der Waals surface area contributed by atoms with Crippen LogP contribution in [0, 0.1) is 11.3 Å². The molecule has 19 heavy (non-hydrogen) atoms. The first-order chi connectivity index (χ1) is 9.22. The van der Waals surface area contributed by atoms with Crippen LogP contribution in [0.1, 0.15) is 43.4 Å². The van der Waals surface area contributed by atoms with Crippen molar-refractivity contribution in [3.63, 3.8) is 0 Å². The number of nitriles is 1. The molecule has 0 amide bonds. The summed E-state index contributed by atoms with van der Waals surface area (Å²) in [5, 5.41) is 12.5. The monoisotopic (exact) mass is 257 g/mol. The number of rotatable bonds is 3. The molecule has 0 aromatic heterocycles. The summed E-state index contributed by atoms with van der Waals surface area (Å²) in [5.74, 6) is 0. The predicted molar refractivity (Wildman–Crippen MR) is 77.8 cm³/mol. The zero-order valence-corrected chi connectivity index (χ0v) is 11.9. The van der Waals surface area contributed by atoms with E-state index in [1.807, 2.05) is 18.2 Å². The lowest BCUT2D eigenvalue weighted by Gasteiger charge is -2.33. The zero-order valence-electron chi connectivity index (χ0n) is 11.9. The third kappa shape index (κ3) is 3.56. The van der Waals surface area contributed by atoms with E-state index in [1.165, 1.54) is 24.8 Å². The minimum atomic E-state index is 0.358. The molecule has 0 radical (unpaired) electrons. The summed E-state index contributed by atoms with van der Waals surface area (Å²) >= 11 is 0. The molecule has 102 valence electrons. The molecule has 1 aliphatic rings. The normalized spacial score (nSPS) is 21.7. The van der Waals surface area contributed by atoms with Gasteiger partial charge in [-0.25, -0.2) is 0 Å². The first kappa shape index (κ1) is 14.0. The van der Waals surface area contributed by atoms with Crippen LogP contribution in [-0.2, 0) is 0 Å². The number of nitrogens with one attached hydrogen (secondary N) is 1. The van der Waals surface area contributed by atoms with Crippen molar-refractivity contribution in [2.75, 3.05) is 20.1 Å². The Balaban J connectivity index is 2.08. The van der Waals surface area contributed by atoms with E-state index in [2.05, 4.69) is 36.3 Å². The molecule has 0 aliphatic carbocycles. The van der Waals surface area contributed by atoms with Crippen LogP contribution in [0.4, 0.5) is 0 Å². The number of benzene rings is 1. The zero-order chi connectivity index (χ0) is 13.7. The summed E-state index contributed by atoms with van der Waals surface area (Å²) in [7, 11) is 2.21. The Morgan fingerprint density at radius 3 is 3.00 bits per heavy atom. The first-order valence-corrected chi connectivity index (χ1v) is 7.15. The lowest BCUT2D eigenvalue weighted by Crippen LogP contribution is -2.34. The second kappa shape index (κ2) is 6.70. The smallest absolute Gasteiger partial charge is 0.0991 e. The van der Waals surface area contributed by atoms with Gasteiger partial charge in [-0.05, 0) is 64.0 Å². The van der Waals surface area contributed by atoms with Crippen molar-refractivity contribution in [2.24, 2.45) is 0 Å². The van der Waals surface area contributed by atoms with Crippen molar-refractivity contribution >= 4 is 0 Å². The highest BCUT2D eigenvalue weighted by atomic mass is 15.2. The maximum atomic E-state index is 9.00. The molecule has 3 heteroatoms. The standard InChI is InChI=1S/C16H23N3/c1-13(15-6-3-5-14(11-15)12-17)19(2)16-7-4-9-18-10-8-16/h3,5-6,11,13,16,18H,4,7-10H2,1-2H3. The van der Waals surface area contributed by atoms with E-state index in [-0.39, 0.29) is 0 Å². The van der Waals surface area contributed by atoms with Gasteiger partial charge in [-0.2, -0.15) is 5.26 Å². The van der Waals surface area contributed by atoms with Crippen LogP contribution in [-0.4, -0.2) is 31.1 Å². The summed E-state index contributed by atoms with van der Waals surface area (Å²) in [6.07, 6.45) is 3.71. The van der Waals surface area contributed by atoms with Crippen molar-refractivity contribution in [1.82, 2.24) is 10.2 Å². The Bertz CT molecular complexity index is 442. The van der Waals surface area contributed by atoms with Crippen molar-refractivity contribution in [3.8, 4) is 6.07 Å². The van der Waals surface area contributed by atoms with E-state index in [0.29, 0.717) is 12.1 Å². The second-order valence-electron chi connectivity index (χ2n) is 5.41. The first-order valence-electron chi connectivity index (χ1n) is 7.15. The molecule has 0 spiro atoms. The Morgan fingerprint density at radius 2 is 2.21 bits per heavy atom.